The van der Waals surface area contributed by atoms with Crippen LogP contribution in [-0.4, -0.2) is 11.9 Å². The van der Waals surface area contributed by atoms with Crippen LogP contribution in [0.2, 0.25) is 0 Å². The lowest BCUT2D eigenvalue weighted by atomic mass is 10.1. The molecule has 0 heterocycles. The van der Waals surface area contributed by atoms with E-state index in [9.17, 15) is 4.79 Å². The Bertz CT molecular complexity index is 462. The molecule has 2 unspecified atom stereocenters. The van der Waals surface area contributed by atoms with Crippen LogP contribution >= 0.6 is 0 Å². The number of terminal acetylenes is 1. The van der Waals surface area contributed by atoms with Gasteiger partial charge in [-0.3, -0.25) is 4.79 Å². The largest absolute Gasteiger partial charge is 0.328 e. The molecule has 3 heteroatoms. The summed E-state index contributed by atoms with van der Waals surface area (Å²) in [6, 6.07) is 7.48. The Labute approximate surface area is 101 Å². The van der Waals surface area contributed by atoms with E-state index in [1.807, 2.05) is 18.2 Å². The van der Waals surface area contributed by atoms with Crippen molar-refractivity contribution in [1.82, 2.24) is 0 Å². The van der Waals surface area contributed by atoms with Crippen molar-refractivity contribution >= 4 is 11.6 Å². The smallest absolute Gasteiger partial charge is 0.227 e. The SMILES string of the molecule is C#Cc1cccc(NC(=O)C2CCC(N)C2)c1. The zero-order valence-corrected chi connectivity index (χ0v) is 9.65. The van der Waals surface area contributed by atoms with Crippen LogP contribution in [0.25, 0.3) is 0 Å². The number of hydrogen-bond donors (Lipinski definition) is 2. The number of carbonyl (C=O) groups excluding carboxylic acids is 1. The molecule has 2 atom stereocenters. The molecule has 0 bridgehead atoms. The molecule has 1 aromatic carbocycles. The van der Waals surface area contributed by atoms with Crippen LogP contribution in [0.5, 0.6) is 0 Å². The molecule has 0 saturated heterocycles. The Morgan fingerprint density at radius 1 is 1.47 bits per heavy atom. The predicted octanol–water partition coefficient (Wildman–Crippen LogP) is 1.73. The maximum Gasteiger partial charge on any atom is 0.227 e. The summed E-state index contributed by atoms with van der Waals surface area (Å²) in [6.07, 6.45) is 7.90. The summed E-state index contributed by atoms with van der Waals surface area (Å²) in [7, 11) is 0. The van der Waals surface area contributed by atoms with Crippen molar-refractivity contribution in [3.63, 3.8) is 0 Å². The number of carbonyl (C=O) groups is 1. The fraction of sp³-hybridized carbons (Fsp3) is 0.357. The van der Waals surface area contributed by atoms with E-state index in [1.54, 1.807) is 6.07 Å². The van der Waals surface area contributed by atoms with Gasteiger partial charge in [-0.2, -0.15) is 0 Å². The molecule has 1 aromatic rings. The molecule has 0 aliphatic heterocycles. The molecular formula is C14H16N2O. The van der Waals surface area contributed by atoms with Gasteiger partial charge in [0.15, 0.2) is 0 Å². The van der Waals surface area contributed by atoms with E-state index in [4.69, 9.17) is 12.2 Å². The Balaban J connectivity index is 2.01. The maximum absolute atomic E-state index is 11.9. The number of nitrogens with one attached hydrogen (secondary N) is 1. The van der Waals surface area contributed by atoms with Crippen LogP contribution < -0.4 is 11.1 Å². The Kier molecular flexibility index (Phi) is 3.46. The third kappa shape index (κ3) is 2.86. The van der Waals surface area contributed by atoms with E-state index in [0.29, 0.717) is 0 Å². The standard InChI is InChI=1S/C14H16N2O/c1-2-10-4-3-5-13(8-10)16-14(17)11-6-7-12(15)9-11/h1,3-5,8,11-12H,6-7,9,15H2,(H,16,17). The van der Waals surface area contributed by atoms with Crippen molar-refractivity contribution in [2.24, 2.45) is 11.7 Å². The van der Waals surface area contributed by atoms with Crippen LogP contribution in [0.3, 0.4) is 0 Å². The number of anilines is 1. The first-order valence-corrected chi connectivity index (χ1v) is 5.82. The Hall–Kier alpha value is -1.79. The van der Waals surface area contributed by atoms with Gasteiger partial charge in [-0.15, -0.1) is 6.42 Å². The number of amides is 1. The summed E-state index contributed by atoms with van der Waals surface area (Å²) >= 11 is 0. The highest BCUT2D eigenvalue weighted by Crippen LogP contribution is 2.25. The maximum atomic E-state index is 11.9. The van der Waals surface area contributed by atoms with Crippen molar-refractivity contribution in [3.05, 3.63) is 29.8 Å². The molecule has 1 saturated carbocycles. The van der Waals surface area contributed by atoms with Gasteiger partial charge in [0.05, 0.1) is 0 Å². The van der Waals surface area contributed by atoms with Crippen LogP contribution in [0.4, 0.5) is 5.69 Å². The van der Waals surface area contributed by atoms with E-state index < -0.39 is 0 Å². The minimum Gasteiger partial charge on any atom is -0.328 e. The summed E-state index contributed by atoms with van der Waals surface area (Å²) in [4.78, 5) is 11.9. The average Bonchev–Trinajstić information content (AvgIpc) is 2.76. The van der Waals surface area contributed by atoms with Crippen molar-refractivity contribution < 1.29 is 4.79 Å². The lowest BCUT2D eigenvalue weighted by molar-refractivity contribution is -0.119. The molecular weight excluding hydrogens is 212 g/mol. The van der Waals surface area contributed by atoms with E-state index in [1.165, 1.54) is 0 Å². The van der Waals surface area contributed by atoms with Crippen molar-refractivity contribution in [2.75, 3.05) is 5.32 Å². The highest BCUT2D eigenvalue weighted by atomic mass is 16.1. The number of hydrogen-bond acceptors (Lipinski definition) is 2. The summed E-state index contributed by atoms with van der Waals surface area (Å²) in [6.45, 7) is 0. The minimum atomic E-state index is 0.0412. The summed E-state index contributed by atoms with van der Waals surface area (Å²) < 4.78 is 0. The van der Waals surface area contributed by atoms with E-state index in [0.717, 1.165) is 30.5 Å². The van der Waals surface area contributed by atoms with Gasteiger partial charge in [-0.25, -0.2) is 0 Å². The van der Waals surface area contributed by atoms with E-state index in [-0.39, 0.29) is 17.9 Å². The Morgan fingerprint density at radius 2 is 2.29 bits per heavy atom. The van der Waals surface area contributed by atoms with Gasteiger partial charge in [0.2, 0.25) is 5.91 Å². The van der Waals surface area contributed by atoms with Gasteiger partial charge in [0.25, 0.3) is 0 Å². The first kappa shape index (κ1) is 11.7. The normalized spacial score (nSPS) is 23.1. The van der Waals surface area contributed by atoms with Gasteiger partial charge in [0.1, 0.15) is 0 Å². The third-order valence-corrected chi connectivity index (χ3v) is 3.14. The van der Waals surface area contributed by atoms with Crippen molar-refractivity contribution in [2.45, 2.75) is 25.3 Å². The van der Waals surface area contributed by atoms with E-state index in [2.05, 4.69) is 11.2 Å². The number of benzene rings is 1. The molecule has 1 amide bonds. The highest BCUT2D eigenvalue weighted by Gasteiger charge is 2.27. The lowest BCUT2D eigenvalue weighted by Crippen LogP contribution is -2.23. The van der Waals surface area contributed by atoms with Crippen LogP contribution in [0, 0.1) is 18.3 Å². The second-order valence-electron chi connectivity index (χ2n) is 4.48. The lowest BCUT2D eigenvalue weighted by Gasteiger charge is -2.10. The second kappa shape index (κ2) is 5.03. The molecule has 0 radical (unpaired) electrons. The molecule has 0 aromatic heterocycles. The molecule has 0 spiro atoms. The summed E-state index contributed by atoms with van der Waals surface area (Å²) in [5.74, 6) is 2.64. The van der Waals surface area contributed by atoms with Gasteiger partial charge >= 0.3 is 0 Å². The summed E-state index contributed by atoms with van der Waals surface area (Å²) in [5.41, 5.74) is 7.32. The summed E-state index contributed by atoms with van der Waals surface area (Å²) in [5, 5.41) is 2.89. The van der Waals surface area contributed by atoms with E-state index >= 15 is 0 Å². The molecule has 1 aliphatic rings. The second-order valence-corrected chi connectivity index (χ2v) is 4.48. The van der Waals surface area contributed by atoms with Gasteiger partial charge < -0.3 is 11.1 Å². The third-order valence-electron chi connectivity index (χ3n) is 3.14. The molecule has 3 N–H and O–H groups in total. The number of rotatable bonds is 2. The van der Waals surface area contributed by atoms with Crippen LogP contribution in [-0.2, 0) is 4.79 Å². The first-order chi connectivity index (χ1) is 8.19. The molecule has 3 nitrogen and oxygen atoms in total. The zero-order chi connectivity index (χ0) is 12.3. The zero-order valence-electron chi connectivity index (χ0n) is 9.65. The van der Waals surface area contributed by atoms with Crippen molar-refractivity contribution in [1.29, 1.82) is 0 Å². The molecule has 1 aliphatic carbocycles. The van der Waals surface area contributed by atoms with Crippen molar-refractivity contribution in [3.8, 4) is 12.3 Å². The van der Waals surface area contributed by atoms with Gasteiger partial charge in [-0.05, 0) is 37.5 Å². The average molecular weight is 228 g/mol. The molecule has 17 heavy (non-hydrogen) atoms. The quantitative estimate of drug-likeness (QED) is 0.757. The fourth-order valence-corrected chi connectivity index (χ4v) is 2.19. The molecule has 88 valence electrons. The van der Waals surface area contributed by atoms with Gasteiger partial charge in [-0.1, -0.05) is 12.0 Å². The first-order valence-electron chi connectivity index (χ1n) is 5.82. The predicted molar refractivity (Wildman–Crippen MR) is 68.3 cm³/mol. The fourth-order valence-electron chi connectivity index (χ4n) is 2.19. The number of nitrogens with two attached hydrogens (primary N) is 1. The molecule has 2 rings (SSSR count). The highest BCUT2D eigenvalue weighted by molar-refractivity contribution is 5.92. The monoisotopic (exact) mass is 228 g/mol. The van der Waals surface area contributed by atoms with Crippen LogP contribution in [0.15, 0.2) is 24.3 Å². The van der Waals surface area contributed by atoms with Gasteiger partial charge in [0, 0.05) is 23.2 Å². The minimum absolute atomic E-state index is 0.0412. The topological polar surface area (TPSA) is 55.1 Å². The Morgan fingerprint density at radius 3 is 2.94 bits per heavy atom. The van der Waals surface area contributed by atoms with Crippen LogP contribution in [0.1, 0.15) is 24.8 Å². The molecule has 1 fully saturated rings.